The molecular formula is C25H20FN3O4. The number of benzene rings is 3. The summed E-state index contributed by atoms with van der Waals surface area (Å²) in [5.41, 5.74) is -0.166. The number of ether oxygens (including phenoxy) is 1. The average Bonchev–Trinajstić information content (AvgIpc) is 3.28. The second-order valence-electron chi connectivity index (χ2n) is 7.90. The molecule has 1 aliphatic rings. The predicted molar refractivity (Wildman–Crippen MR) is 119 cm³/mol. The maximum Gasteiger partial charge on any atom is 0.322 e. The van der Waals surface area contributed by atoms with Crippen LogP contribution in [0.3, 0.4) is 0 Å². The molecule has 7 nitrogen and oxygen atoms in total. The Morgan fingerprint density at radius 3 is 2.52 bits per heavy atom. The van der Waals surface area contributed by atoms with Crippen molar-refractivity contribution in [1.82, 2.24) is 15.2 Å². The number of nitrogens with one attached hydrogen (secondary N) is 2. The van der Waals surface area contributed by atoms with Crippen LogP contribution in [-0.4, -0.2) is 21.6 Å². The lowest BCUT2D eigenvalue weighted by Gasteiger charge is -2.29. The molecule has 4 aromatic rings. The Kier molecular flexibility index (Phi) is 4.97. The van der Waals surface area contributed by atoms with E-state index < -0.39 is 23.3 Å². The van der Waals surface area contributed by atoms with Crippen molar-refractivity contribution < 1.29 is 23.8 Å². The lowest BCUT2D eigenvalue weighted by Crippen LogP contribution is -2.47. The molecule has 5 rings (SSSR count). The van der Waals surface area contributed by atoms with Crippen LogP contribution in [0.4, 0.5) is 9.18 Å². The summed E-state index contributed by atoms with van der Waals surface area (Å²) >= 11 is 0. The Bertz CT molecular complexity index is 1370. The van der Waals surface area contributed by atoms with Gasteiger partial charge in [-0.05, 0) is 29.8 Å². The Morgan fingerprint density at radius 1 is 1.00 bits per heavy atom. The Balaban J connectivity index is 1.56. The van der Waals surface area contributed by atoms with Crippen molar-refractivity contribution in [3.63, 3.8) is 0 Å². The van der Waals surface area contributed by atoms with Gasteiger partial charge in [0.2, 0.25) is 0 Å². The van der Waals surface area contributed by atoms with Gasteiger partial charge in [0.1, 0.15) is 18.2 Å². The van der Waals surface area contributed by atoms with E-state index in [1.807, 2.05) is 30.3 Å². The van der Waals surface area contributed by atoms with Gasteiger partial charge in [0, 0.05) is 22.5 Å². The highest BCUT2D eigenvalue weighted by atomic mass is 19.1. The smallest absolute Gasteiger partial charge is 0.322 e. The molecule has 8 heteroatoms. The van der Waals surface area contributed by atoms with Crippen LogP contribution in [0.5, 0.6) is 11.6 Å². The largest absolute Gasteiger partial charge is 0.494 e. The van der Waals surface area contributed by atoms with Gasteiger partial charge in [-0.1, -0.05) is 48.5 Å². The highest BCUT2D eigenvalue weighted by Crippen LogP contribution is 2.37. The second kappa shape index (κ2) is 7.98. The van der Waals surface area contributed by atoms with E-state index in [1.54, 1.807) is 30.5 Å². The first-order valence-corrected chi connectivity index (χ1v) is 10.3. The van der Waals surface area contributed by atoms with Crippen LogP contribution in [0, 0.1) is 5.82 Å². The molecule has 166 valence electrons. The number of para-hydroxylation sites is 1. The molecule has 1 aliphatic heterocycles. The van der Waals surface area contributed by atoms with Crippen molar-refractivity contribution in [2.45, 2.75) is 18.7 Å². The molecule has 2 heterocycles. The lowest BCUT2D eigenvalue weighted by atomic mass is 9.88. The summed E-state index contributed by atoms with van der Waals surface area (Å²) in [5, 5.41) is 16.6. The molecule has 0 saturated carbocycles. The number of aromatic nitrogens is 1. The third-order valence-corrected chi connectivity index (χ3v) is 5.76. The molecule has 3 N–H and O–H groups in total. The fourth-order valence-corrected chi connectivity index (χ4v) is 4.15. The van der Waals surface area contributed by atoms with Crippen molar-refractivity contribution in [2.24, 2.45) is 0 Å². The van der Waals surface area contributed by atoms with Crippen molar-refractivity contribution in [2.75, 3.05) is 0 Å². The molecule has 33 heavy (non-hydrogen) atoms. The summed E-state index contributed by atoms with van der Waals surface area (Å²) in [6.45, 7) is 0.139. The number of imide groups is 1. The zero-order valence-corrected chi connectivity index (χ0v) is 17.4. The molecule has 1 aromatic heterocycles. The molecule has 1 saturated heterocycles. The van der Waals surface area contributed by atoms with Gasteiger partial charge >= 0.3 is 6.03 Å². The molecule has 3 aromatic carbocycles. The molecule has 3 amide bonds. The molecule has 1 unspecified atom stereocenters. The van der Waals surface area contributed by atoms with E-state index >= 15 is 0 Å². The van der Waals surface area contributed by atoms with Gasteiger partial charge in [-0.3, -0.25) is 10.1 Å². The highest BCUT2D eigenvalue weighted by Gasteiger charge is 2.50. The number of hydrogen-bond donors (Lipinski definition) is 3. The van der Waals surface area contributed by atoms with Crippen LogP contribution in [0.1, 0.15) is 11.1 Å². The number of urea groups is 1. The van der Waals surface area contributed by atoms with Gasteiger partial charge in [0.25, 0.3) is 5.91 Å². The first-order valence-electron chi connectivity index (χ1n) is 10.3. The van der Waals surface area contributed by atoms with Crippen LogP contribution in [-0.2, 0) is 23.5 Å². The van der Waals surface area contributed by atoms with Crippen LogP contribution >= 0.6 is 0 Å². The Morgan fingerprint density at radius 2 is 1.76 bits per heavy atom. The number of fused-ring (bicyclic) bond motifs is 1. The van der Waals surface area contributed by atoms with Crippen molar-refractivity contribution in [3.05, 3.63) is 95.9 Å². The highest BCUT2D eigenvalue weighted by molar-refractivity contribution is 6.07. The minimum atomic E-state index is -1.55. The summed E-state index contributed by atoms with van der Waals surface area (Å²) in [4.78, 5) is 25.3. The third kappa shape index (κ3) is 3.65. The number of hydrogen-bond acceptors (Lipinski definition) is 4. The number of carbonyl (C=O) groups excluding carboxylic acids is 2. The molecule has 0 bridgehead atoms. The predicted octanol–water partition coefficient (Wildman–Crippen LogP) is 3.80. The van der Waals surface area contributed by atoms with E-state index in [9.17, 15) is 19.1 Å². The van der Waals surface area contributed by atoms with E-state index in [4.69, 9.17) is 4.74 Å². The van der Waals surface area contributed by atoms with Gasteiger partial charge in [0.15, 0.2) is 11.4 Å². The SMILES string of the molecule is O=C1NC(=O)C(Cn2cc3ccc(F)cc3c2O)(c2ccccc2OCc2ccccc2)N1. The standard InChI is InChI=1S/C25H20FN3O4/c26-18-11-10-17-13-29(22(30)19(17)12-18)15-25(23(31)27-24(32)28-25)20-8-4-5-9-21(20)33-14-16-6-2-1-3-7-16/h1-13,30H,14-15H2,(H2,27,28,31,32). The molecule has 1 fully saturated rings. The van der Waals surface area contributed by atoms with Crippen LogP contribution < -0.4 is 15.4 Å². The van der Waals surface area contributed by atoms with E-state index in [2.05, 4.69) is 10.6 Å². The van der Waals surface area contributed by atoms with Gasteiger partial charge in [-0.25, -0.2) is 9.18 Å². The lowest BCUT2D eigenvalue weighted by molar-refractivity contribution is -0.124. The summed E-state index contributed by atoms with van der Waals surface area (Å²) in [7, 11) is 0. The zero-order valence-electron chi connectivity index (χ0n) is 17.4. The Hall–Kier alpha value is -4.33. The third-order valence-electron chi connectivity index (χ3n) is 5.76. The maximum absolute atomic E-state index is 13.7. The number of nitrogens with zero attached hydrogens (tertiary/aromatic N) is 1. The van der Waals surface area contributed by atoms with E-state index in [0.29, 0.717) is 22.1 Å². The maximum atomic E-state index is 13.7. The topological polar surface area (TPSA) is 92.6 Å². The zero-order chi connectivity index (χ0) is 23.0. The van der Waals surface area contributed by atoms with Crippen LogP contribution in [0.15, 0.2) is 79.0 Å². The minimum Gasteiger partial charge on any atom is -0.494 e. The van der Waals surface area contributed by atoms with Gasteiger partial charge in [-0.2, -0.15) is 0 Å². The van der Waals surface area contributed by atoms with Crippen LogP contribution in [0.2, 0.25) is 0 Å². The number of halogens is 1. The second-order valence-corrected chi connectivity index (χ2v) is 7.90. The minimum absolute atomic E-state index is 0.127. The molecule has 0 aliphatic carbocycles. The van der Waals surface area contributed by atoms with Gasteiger partial charge < -0.3 is 19.7 Å². The normalized spacial score (nSPS) is 17.7. The van der Waals surface area contributed by atoms with E-state index in [1.165, 1.54) is 22.8 Å². The van der Waals surface area contributed by atoms with Gasteiger partial charge in [0.05, 0.1) is 6.54 Å². The number of aromatic hydroxyl groups is 1. The van der Waals surface area contributed by atoms with E-state index in [0.717, 1.165) is 5.56 Å². The average molecular weight is 445 g/mol. The summed E-state index contributed by atoms with van der Waals surface area (Å²) in [6, 6.07) is 19.9. The van der Waals surface area contributed by atoms with Crippen molar-refractivity contribution >= 4 is 22.7 Å². The van der Waals surface area contributed by atoms with Crippen molar-refractivity contribution in [1.29, 1.82) is 0 Å². The Labute approximate surface area is 188 Å². The molecular weight excluding hydrogens is 425 g/mol. The van der Waals surface area contributed by atoms with E-state index in [-0.39, 0.29) is 19.0 Å². The van der Waals surface area contributed by atoms with Crippen LogP contribution in [0.25, 0.3) is 10.8 Å². The quantitative estimate of drug-likeness (QED) is 0.394. The molecule has 0 radical (unpaired) electrons. The first kappa shape index (κ1) is 20.6. The summed E-state index contributed by atoms with van der Waals surface area (Å²) in [5.74, 6) is -0.857. The van der Waals surface area contributed by atoms with Crippen molar-refractivity contribution in [3.8, 4) is 11.6 Å². The molecule has 0 spiro atoms. The number of rotatable bonds is 6. The number of amides is 3. The number of carbonyl (C=O) groups is 2. The summed E-state index contributed by atoms with van der Waals surface area (Å²) < 4.78 is 21.2. The first-order chi connectivity index (χ1) is 16.0. The monoisotopic (exact) mass is 445 g/mol. The fourth-order valence-electron chi connectivity index (χ4n) is 4.15. The fraction of sp³-hybridized carbons (Fsp3) is 0.120. The van der Waals surface area contributed by atoms with Gasteiger partial charge in [-0.15, -0.1) is 0 Å². The molecule has 1 atom stereocenters. The summed E-state index contributed by atoms with van der Waals surface area (Å²) in [6.07, 6.45) is 1.61.